The molecule has 1 fully saturated rings. The Bertz CT molecular complexity index is 1030. The lowest BCUT2D eigenvalue weighted by Gasteiger charge is -2.26. The van der Waals surface area contributed by atoms with E-state index in [-0.39, 0.29) is 35.4 Å². The smallest absolute Gasteiger partial charge is 0.293 e. The van der Waals surface area contributed by atoms with Gasteiger partial charge in [0.05, 0.1) is 33.1 Å². The molecular formula is C18H19Cl2N3O5S. The lowest BCUT2D eigenvalue weighted by Crippen LogP contribution is -2.40. The molecule has 1 aliphatic heterocycles. The third-order valence-corrected chi connectivity index (χ3v) is 7.22. The van der Waals surface area contributed by atoms with Gasteiger partial charge in [-0.15, -0.1) is 0 Å². The van der Waals surface area contributed by atoms with Crippen molar-refractivity contribution >= 4 is 44.6 Å². The lowest BCUT2D eigenvalue weighted by atomic mass is 10.1. The normalized spacial score (nSPS) is 16.4. The van der Waals surface area contributed by atoms with E-state index in [1.54, 1.807) is 18.2 Å². The third-order valence-electron chi connectivity index (χ3n) is 4.59. The second-order valence-electron chi connectivity index (χ2n) is 6.49. The Morgan fingerprint density at radius 2 is 1.83 bits per heavy atom. The van der Waals surface area contributed by atoms with Gasteiger partial charge in [0.1, 0.15) is 5.69 Å². The number of ether oxygens (including phenoxy) is 1. The van der Waals surface area contributed by atoms with Crippen LogP contribution in [-0.4, -0.2) is 43.9 Å². The van der Waals surface area contributed by atoms with Crippen molar-refractivity contribution in [3.63, 3.8) is 0 Å². The largest absolute Gasteiger partial charge is 0.379 e. The van der Waals surface area contributed by atoms with Crippen molar-refractivity contribution in [3.8, 4) is 0 Å². The number of benzene rings is 2. The molecule has 0 amide bonds. The quantitative estimate of drug-likeness (QED) is 0.515. The highest BCUT2D eigenvalue weighted by molar-refractivity contribution is 7.89. The molecule has 0 radical (unpaired) electrons. The minimum absolute atomic E-state index is 0.126. The van der Waals surface area contributed by atoms with Gasteiger partial charge in [0.15, 0.2) is 0 Å². The van der Waals surface area contributed by atoms with Crippen molar-refractivity contribution in [2.75, 3.05) is 31.6 Å². The van der Waals surface area contributed by atoms with Crippen molar-refractivity contribution in [1.29, 1.82) is 0 Å². The monoisotopic (exact) mass is 459 g/mol. The predicted octanol–water partition coefficient (Wildman–Crippen LogP) is 4.10. The Morgan fingerprint density at radius 1 is 1.14 bits per heavy atom. The number of nitrogens with zero attached hydrogens (tertiary/aromatic N) is 2. The van der Waals surface area contributed by atoms with E-state index >= 15 is 0 Å². The average Bonchev–Trinajstić information content (AvgIpc) is 2.70. The summed E-state index contributed by atoms with van der Waals surface area (Å²) in [6.45, 7) is 2.82. The van der Waals surface area contributed by atoms with Crippen LogP contribution in [0.4, 0.5) is 11.4 Å². The van der Waals surface area contributed by atoms with Crippen molar-refractivity contribution in [1.82, 2.24) is 4.31 Å². The summed E-state index contributed by atoms with van der Waals surface area (Å²) in [5, 5.41) is 15.4. The van der Waals surface area contributed by atoms with E-state index in [0.29, 0.717) is 23.3 Å². The van der Waals surface area contributed by atoms with Gasteiger partial charge in [-0.25, -0.2) is 8.42 Å². The van der Waals surface area contributed by atoms with E-state index in [0.717, 1.165) is 11.6 Å². The number of anilines is 1. The first kappa shape index (κ1) is 21.8. The highest BCUT2D eigenvalue weighted by Gasteiger charge is 2.29. The van der Waals surface area contributed by atoms with Gasteiger partial charge in [-0.1, -0.05) is 29.3 Å². The summed E-state index contributed by atoms with van der Waals surface area (Å²) < 4.78 is 32.0. The molecule has 11 heteroatoms. The molecule has 1 aliphatic rings. The van der Waals surface area contributed by atoms with Crippen LogP contribution in [-0.2, 0) is 14.8 Å². The van der Waals surface area contributed by atoms with E-state index in [1.807, 2.05) is 6.92 Å². The first-order chi connectivity index (χ1) is 13.7. The number of hydrogen-bond donors (Lipinski definition) is 1. The highest BCUT2D eigenvalue weighted by atomic mass is 35.5. The first-order valence-electron chi connectivity index (χ1n) is 8.78. The van der Waals surface area contributed by atoms with E-state index < -0.39 is 14.9 Å². The average molecular weight is 460 g/mol. The number of sulfonamides is 1. The molecule has 0 spiro atoms. The summed E-state index contributed by atoms with van der Waals surface area (Å²) in [6.07, 6.45) is 0. The summed E-state index contributed by atoms with van der Waals surface area (Å²) >= 11 is 12.0. The molecule has 3 rings (SSSR count). The fourth-order valence-electron chi connectivity index (χ4n) is 2.98. The zero-order valence-corrected chi connectivity index (χ0v) is 17.8. The van der Waals surface area contributed by atoms with E-state index in [9.17, 15) is 18.5 Å². The van der Waals surface area contributed by atoms with Crippen molar-refractivity contribution in [2.45, 2.75) is 17.9 Å². The summed E-state index contributed by atoms with van der Waals surface area (Å²) in [7, 11) is -3.84. The molecule has 2 aromatic carbocycles. The molecule has 1 N–H and O–H groups in total. The van der Waals surface area contributed by atoms with Gasteiger partial charge in [-0.05, 0) is 36.8 Å². The van der Waals surface area contributed by atoms with Gasteiger partial charge in [-0.2, -0.15) is 4.31 Å². The molecule has 0 saturated carbocycles. The second-order valence-corrected chi connectivity index (χ2v) is 9.24. The fourth-order valence-corrected chi connectivity index (χ4v) is 4.71. The summed E-state index contributed by atoms with van der Waals surface area (Å²) in [5.41, 5.74) is 0.652. The first-order valence-corrected chi connectivity index (χ1v) is 11.0. The fraction of sp³-hybridized carbons (Fsp3) is 0.333. The Hall–Kier alpha value is -1.91. The number of nitro groups is 1. The van der Waals surface area contributed by atoms with Gasteiger partial charge in [0, 0.05) is 25.2 Å². The van der Waals surface area contributed by atoms with Crippen LogP contribution in [0.25, 0.3) is 0 Å². The maximum absolute atomic E-state index is 12.8. The molecule has 1 unspecified atom stereocenters. The Kier molecular flexibility index (Phi) is 6.65. The Morgan fingerprint density at radius 3 is 2.45 bits per heavy atom. The number of nitrogens with one attached hydrogen (secondary N) is 1. The number of rotatable bonds is 6. The molecule has 1 saturated heterocycles. The Labute approximate surface area is 178 Å². The molecule has 1 heterocycles. The minimum atomic E-state index is -3.84. The number of nitro benzene ring substituents is 1. The number of halogens is 2. The van der Waals surface area contributed by atoms with Crippen molar-refractivity contribution < 1.29 is 18.1 Å². The van der Waals surface area contributed by atoms with Crippen molar-refractivity contribution in [2.24, 2.45) is 0 Å². The van der Waals surface area contributed by atoms with Crippen LogP contribution in [0, 0.1) is 10.1 Å². The predicted molar refractivity (Wildman–Crippen MR) is 111 cm³/mol. The number of morpholine rings is 1. The van der Waals surface area contributed by atoms with E-state index in [2.05, 4.69) is 5.32 Å². The second kappa shape index (κ2) is 8.85. The van der Waals surface area contributed by atoms with E-state index in [1.165, 1.54) is 16.4 Å². The lowest BCUT2D eigenvalue weighted by molar-refractivity contribution is -0.384. The molecule has 0 aromatic heterocycles. The van der Waals surface area contributed by atoms with Crippen LogP contribution in [0.2, 0.25) is 10.0 Å². The van der Waals surface area contributed by atoms with Gasteiger partial charge in [0.2, 0.25) is 10.0 Å². The van der Waals surface area contributed by atoms with Gasteiger partial charge in [-0.3, -0.25) is 10.1 Å². The van der Waals surface area contributed by atoms with Gasteiger partial charge < -0.3 is 10.1 Å². The van der Waals surface area contributed by atoms with Crippen LogP contribution in [0.3, 0.4) is 0 Å². The molecule has 1 atom stereocenters. The summed E-state index contributed by atoms with van der Waals surface area (Å²) in [5.74, 6) is 0. The summed E-state index contributed by atoms with van der Waals surface area (Å²) in [4.78, 5) is 10.9. The van der Waals surface area contributed by atoms with Crippen LogP contribution < -0.4 is 5.32 Å². The summed E-state index contributed by atoms with van der Waals surface area (Å²) in [6, 6.07) is 8.59. The van der Waals surface area contributed by atoms with Crippen LogP contribution in [0.5, 0.6) is 0 Å². The molecular weight excluding hydrogens is 441 g/mol. The number of hydrogen-bond acceptors (Lipinski definition) is 6. The van der Waals surface area contributed by atoms with E-state index in [4.69, 9.17) is 27.9 Å². The van der Waals surface area contributed by atoms with Crippen LogP contribution in [0.15, 0.2) is 41.3 Å². The maximum Gasteiger partial charge on any atom is 0.293 e. The SMILES string of the molecule is CC(Nc1ccc(S(=O)(=O)N2CCOCC2)cc1[N+](=O)[O-])c1ccc(Cl)c(Cl)c1. The standard InChI is InChI=1S/C18H19Cl2N3O5S/c1-12(13-2-4-15(19)16(20)10-13)21-17-5-3-14(11-18(17)23(24)25)29(26,27)22-6-8-28-9-7-22/h2-5,10-12,21H,6-9H2,1H3. The molecule has 0 bridgehead atoms. The Balaban J connectivity index is 1.90. The molecule has 0 aliphatic carbocycles. The highest BCUT2D eigenvalue weighted by Crippen LogP contribution is 2.33. The zero-order chi connectivity index (χ0) is 21.2. The topological polar surface area (TPSA) is 102 Å². The van der Waals surface area contributed by atoms with Crippen LogP contribution in [0.1, 0.15) is 18.5 Å². The molecule has 29 heavy (non-hydrogen) atoms. The molecule has 8 nitrogen and oxygen atoms in total. The van der Waals surface area contributed by atoms with Crippen LogP contribution >= 0.6 is 23.2 Å². The van der Waals surface area contributed by atoms with Crippen molar-refractivity contribution in [3.05, 3.63) is 62.1 Å². The zero-order valence-electron chi connectivity index (χ0n) is 15.5. The third kappa shape index (κ3) is 4.81. The molecule has 2 aromatic rings. The maximum atomic E-state index is 12.8. The molecule has 156 valence electrons. The van der Waals surface area contributed by atoms with Gasteiger partial charge in [0.25, 0.3) is 5.69 Å². The minimum Gasteiger partial charge on any atom is -0.379 e. The van der Waals surface area contributed by atoms with Gasteiger partial charge >= 0.3 is 0 Å².